The second-order valence-electron chi connectivity index (χ2n) is 5.03. The molecule has 1 N–H and O–H groups in total. The van der Waals surface area contributed by atoms with Crippen molar-refractivity contribution in [2.75, 3.05) is 7.11 Å². The number of methoxy groups -OCH3 is 1. The van der Waals surface area contributed by atoms with Gasteiger partial charge in [0.15, 0.2) is 0 Å². The molecule has 0 aliphatic carbocycles. The Balaban J connectivity index is 2.16. The summed E-state index contributed by atoms with van der Waals surface area (Å²) >= 11 is 0. The maximum absolute atomic E-state index is 9.94. The second-order valence-corrected chi connectivity index (χ2v) is 5.03. The smallest absolute Gasteiger partial charge is 0.126 e. The normalized spacial score (nSPS) is 12.3. The number of fused-ring (bicyclic) bond motifs is 1. The average molecular weight is 270 g/mol. The highest BCUT2D eigenvalue weighted by atomic mass is 16.5. The van der Waals surface area contributed by atoms with Gasteiger partial charge in [0.2, 0.25) is 0 Å². The number of aliphatic hydroxyl groups excluding tert-OH is 1. The van der Waals surface area contributed by atoms with Crippen molar-refractivity contribution in [2.24, 2.45) is 0 Å². The third-order valence-electron chi connectivity index (χ3n) is 3.65. The van der Waals surface area contributed by atoms with E-state index in [2.05, 4.69) is 24.8 Å². The first kappa shape index (κ1) is 14.6. The molecule has 0 spiro atoms. The average Bonchev–Trinajstić information content (AvgIpc) is 2.50. The Bertz CT molecular complexity index is 575. The monoisotopic (exact) mass is 270 g/mol. The molecule has 106 valence electrons. The summed E-state index contributed by atoms with van der Waals surface area (Å²) in [7, 11) is 1.69. The molecule has 2 aromatic rings. The highest BCUT2D eigenvalue weighted by Crippen LogP contribution is 2.29. The van der Waals surface area contributed by atoms with Crippen LogP contribution in [0.15, 0.2) is 49.1 Å². The van der Waals surface area contributed by atoms with E-state index in [0.29, 0.717) is 0 Å². The van der Waals surface area contributed by atoms with Gasteiger partial charge in [-0.2, -0.15) is 0 Å². The van der Waals surface area contributed by atoms with Crippen molar-refractivity contribution in [1.82, 2.24) is 0 Å². The zero-order valence-electron chi connectivity index (χ0n) is 12.0. The van der Waals surface area contributed by atoms with Crippen LogP contribution in [0.2, 0.25) is 0 Å². The Morgan fingerprint density at radius 3 is 2.60 bits per heavy atom. The van der Waals surface area contributed by atoms with Crippen LogP contribution in [0.3, 0.4) is 0 Å². The highest BCUT2D eigenvalue weighted by Gasteiger charge is 2.08. The Morgan fingerprint density at radius 2 is 1.90 bits per heavy atom. The molecular weight excluding hydrogens is 248 g/mol. The Morgan fingerprint density at radius 1 is 1.15 bits per heavy atom. The van der Waals surface area contributed by atoms with Crippen LogP contribution in [0, 0.1) is 0 Å². The van der Waals surface area contributed by atoms with Gasteiger partial charge in [-0.1, -0.05) is 36.4 Å². The molecule has 2 nitrogen and oxygen atoms in total. The molecule has 0 aliphatic heterocycles. The minimum Gasteiger partial charge on any atom is -0.496 e. The first-order valence-electron chi connectivity index (χ1n) is 7.10. The molecule has 0 radical (unpaired) electrons. The van der Waals surface area contributed by atoms with E-state index >= 15 is 0 Å². The standard InChI is InChI=1S/C18H22O2/c1-3-4-7-15(19)12-10-14-11-13-18(20-2)17-9-6-5-8-16(14)17/h3,5-6,8-9,11,13,15,19H,1,4,7,10,12H2,2H3/t15-/m1/s1. The van der Waals surface area contributed by atoms with Crippen LogP contribution in [0.5, 0.6) is 5.75 Å². The van der Waals surface area contributed by atoms with Crippen molar-refractivity contribution in [3.8, 4) is 5.75 Å². The van der Waals surface area contributed by atoms with Gasteiger partial charge in [0.05, 0.1) is 13.2 Å². The van der Waals surface area contributed by atoms with E-state index in [4.69, 9.17) is 4.74 Å². The summed E-state index contributed by atoms with van der Waals surface area (Å²) < 4.78 is 5.40. The summed E-state index contributed by atoms with van der Waals surface area (Å²) in [6.07, 6.45) is 4.91. The van der Waals surface area contributed by atoms with Crippen LogP contribution in [-0.4, -0.2) is 18.3 Å². The van der Waals surface area contributed by atoms with Crippen molar-refractivity contribution in [3.05, 3.63) is 54.6 Å². The van der Waals surface area contributed by atoms with Gasteiger partial charge in [0.25, 0.3) is 0 Å². The summed E-state index contributed by atoms with van der Waals surface area (Å²) in [5.41, 5.74) is 1.26. The van der Waals surface area contributed by atoms with E-state index in [9.17, 15) is 5.11 Å². The summed E-state index contributed by atoms with van der Waals surface area (Å²) in [6.45, 7) is 3.69. The Hall–Kier alpha value is -1.80. The zero-order chi connectivity index (χ0) is 14.4. The third-order valence-corrected chi connectivity index (χ3v) is 3.65. The molecule has 0 saturated carbocycles. The SMILES string of the molecule is C=CCC[C@@H](O)CCc1ccc(OC)c2ccccc12. The van der Waals surface area contributed by atoms with Crippen molar-refractivity contribution in [3.63, 3.8) is 0 Å². The molecule has 0 fully saturated rings. The quantitative estimate of drug-likeness (QED) is 0.767. The van der Waals surface area contributed by atoms with E-state index in [1.165, 1.54) is 10.9 Å². The molecule has 0 bridgehead atoms. The molecule has 2 heteroatoms. The number of hydrogen-bond acceptors (Lipinski definition) is 2. The van der Waals surface area contributed by atoms with Gasteiger partial charge in [0, 0.05) is 5.39 Å². The van der Waals surface area contributed by atoms with E-state index in [-0.39, 0.29) is 6.10 Å². The Labute approximate surface area is 120 Å². The third kappa shape index (κ3) is 3.40. The molecule has 1 atom stereocenters. The fourth-order valence-electron chi connectivity index (χ4n) is 2.51. The van der Waals surface area contributed by atoms with Gasteiger partial charge in [0.1, 0.15) is 5.75 Å². The van der Waals surface area contributed by atoms with Crippen molar-refractivity contribution in [2.45, 2.75) is 31.8 Å². The maximum atomic E-state index is 9.94. The second kappa shape index (κ2) is 7.11. The molecule has 2 aromatic carbocycles. The first-order chi connectivity index (χ1) is 9.76. The minimum atomic E-state index is -0.256. The lowest BCUT2D eigenvalue weighted by Gasteiger charge is -2.13. The maximum Gasteiger partial charge on any atom is 0.126 e. The molecule has 0 amide bonds. The predicted octanol–water partition coefficient (Wildman–Crippen LogP) is 4.11. The lowest BCUT2D eigenvalue weighted by molar-refractivity contribution is 0.156. The molecule has 20 heavy (non-hydrogen) atoms. The van der Waals surface area contributed by atoms with E-state index < -0.39 is 0 Å². The number of ether oxygens (including phenoxy) is 1. The van der Waals surface area contributed by atoms with Crippen LogP contribution in [0.1, 0.15) is 24.8 Å². The van der Waals surface area contributed by atoms with Gasteiger partial charge < -0.3 is 9.84 Å². The summed E-state index contributed by atoms with van der Waals surface area (Å²) in [6, 6.07) is 12.4. The lowest BCUT2D eigenvalue weighted by atomic mass is 9.98. The summed E-state index contributed by atoms with van der Waals surface area (Å²) in [4.78, 5) is 0. The van der Waals surface area contributed by atoms with E-state index in [1.54, 1.807) is 7.11 Å². The molecule has 0 aliphatic rings. The van der Waals surface area contributed by atoms with Crippen molar-refractivity contribution >= 4 is 10.8 Å². The van der Waals surface area contributed by atoms with Gasteiger partial charge in [-0.15, -0.1) is 6.58 Å². The number of aliphatic hydroxyl groups is 1. The number of allylic oxidation sites excluding steroid dienone is 1. The highest BCUT2D eigenvalue weighted by molar-refractivity contribution is 5.91. The van der Waals surface area contributed by atoms with Gasteiger partial charge in [-0.3, -0.25) is 0 Å². The topological polar surface area (TPSA) is 29.5 Å². The summed E-state index contributed by atoms with van der Waals surface area (Å²) in [5.74, 6) is 0.900. The fraction of sp³-hybridized carbons (Fsp3) is 0.333. The Kier molecular flexibility index (Phi) is 5.19. The molecular formula is C18H22O2. The molecule has 0 heterocycles. The summed E-state index contributed by atoms with van der Waals surface area (Å²) in [5, 5.41) is 12.3. The van der Waals surface area contributed by atoms with Crippen LogP contribution in [-0.2, 0) is 6.42 Å². The lowest BCUT2D eigenvalue weighted by Crippen LogP contribution is -2.07. The van der Waals surface area contributed by atoms with Gasteiger partial charge in [-0.25, -0.2) is 0 Å². The predicted molar refractivity (Wildman–Crippen MR) is 84.3 cm³/mol. The van der Waals surface area contributed by atoms with Crippen molar-refractivity contribution < 1.29 is 9.84 Å². The van der Waals surface area contributed by atoms with E-state index in [0.717, 1.165) is 36.8 Å². The zero-order valence-corrected chi connectivity index (χ0v) is 12.0. The van der Waals surface area contributed by atoms with Crippen LogP contribution >= 0.6 is 0 Å². The van der Waals surface area contributed by atoms with Crippen molar-refractivity contribution in [1.29, 1.82) is 0 Å². The number of hydrogen-bond donors (Lipinski definition) is 1. The van der Waals surface area contributed by atoms with E-state index in [1.807, 2.05) is 24.3 Å². The number of benzene rings is 2. The number of aryl methyl sites for hydroxylation is 1. The minimum absolute atomic E-state index is 0.256. The molecule has 0 unspecified atom stereocenters. The largest absolute Gasteiger partial charge is 0.496 e. The van der Waals surface area contributed by atoms with Crippen LogP contribution < -0.4 is 4.74 Å². The first-order valence-corrected chi connectivity index (χ1v) is 7.10. The molecule has 2 rings (SSSR count). The molecule has 0 saturated heterocycles. The van der Waals surface area contributed by atoms with Gasteiger partial charge in [-0.05, 0) is 42.7 Å². The van der Waals surface area contributed by atoms with Gasteiger partial charge >= 0.3 is 0 Å². The van der Waals surface area contributed by atoms with Crippen LogP contribution in [0.25, 0.3) is 10.8 Å². The fourth-order valence-corrected chi connectivity index (χ4v) is 2.51. The molecule has 0 aromatic heterocycles. The van der Waals surface area contributed by atoms with Crippen LogP contribution in [0.4, 0.5) is 0 Å². The number of rotatable bonds is 7.